The average molecular weight is 410 g/mol. The minimum absolute atomic E-state index is 0.133. The van der Waals surface area contributed by atoms with Gasteiger partial charge in [0.2, 0.25) is 5.91 Å². The Morgan fingerprint density at radius 3 is 2.33 bits per heavy atom. The molecule has 1 aliphatic heterocycles. The summed E-state index contributed by atoms with van der Waals surface area (Å²) in [5.74, 6) is -1.60. The monoisotopic (exact) mass is 410 g/mol. The number of nitrogens with zero attached hydrogens (tertiary/aromatic N) is 3. The van der Waals surface area contributed by atoms with Gasteiger partial charge in [-0.15, -0.1) is 0 Å². The molecule has 6 nitrogen and oxygen atoms in total. The van der Waals surface area contributed by atoms with Crippen molar-refractivity contribution in [2.45, 2.75) is 32.5 Å². The number of hydrogen-bond donors (Lipinski definition) is 1. The molecule has 2 heterocycles. The van der Waals surface area contributed by atoms with Crippen molar-refractivity contribution in [2.24, 2.45) is 0 Å². The second kappa shape index (κ2) is 7.37. The largest absolute Gasteiger partial charge is 0.350 e. The lowest BCUT2D eigenvalue weighted by molar-refractivity contribution is -0.126. The van der Waals surface area contributed by atoms with E-state index in [9.17, 15) is 18.4 Å². The van der Waals surface area contributed by atoms with Crippen LogP contribution in [0.1, 0.15) is 28.7 Å². The zero-order valence-corrected chi connectivity index (χ0v) is 16.5. The van der Waals surface area contributed by atoms with Crippen LogP contribution in [0.25, 0.3) is 0 Å². The van der Waals surface area contributed by atoms with Crippen LogP contribution >= 0.6 is 0 Å². The number of carbonyl (C=O) groups is 2. The van der Waals surface area contributed by atoms with Gasteiger partial charge in [-0.2, -0.15) is 5.10 Å². The summed E-state index contributed by atoms with van der Waals surface area (Å²) in [5.41, 5.74) is 0.847. The highest BCUT2D eigenvalue weighted by molar-refractivity contribution is 6.11. The highest BCUT2D eigenvalue weighted by Crippen LogP contribution is 2.33. The molecule has 2 amide bonds. The summed E-state index contributed by atoms with van der Waals surface area (Å²) in [6.45, 7) is 3.72. The van der Waals surface area contributed by atoms with E-state index in [1.807, 2.05) is 0 Å². The van der Waals surface area contributed by atoms with Crippen molar-refractivity contribution in [3.8, 4) is 0 Å². The fraction of sp³-hybridized carbons (Fsp3) is 0.227. The standard InChI is InChI=1S/C22H20F2N4O2/c1-14-11-19-20(29)28(18-9-7-17(24)8-10-18)22(2,13-27(19)26-14)21(30)25-12-15-3-5-16(23)6-4-15/h3-11H,12-13H2,1-2H3,(H,25,30). The summed E-state index contributed by atoms with van der Waals surface area (Å²) >= 11 is 0. The smallest absolute Gasteiger partial charge is 0.277 e. The van der Waals surface area contributed by atoms with Crippen LogP contribution < -0.4 is 10.2 Å². The van der Waals surface area contributed by atoms with Gasteiger partial charge in [0.05, 0.1) is 12.2 Å². The first-order valence-electron chi connectivity index (χ1n) is 9.45. The minimum atomic E-state index is -1.31. The van der Waals surface area contributed by atoms with Crippen molar-refractivity contribution in [3.63, 3.8) is 0 Å². The summed E-state index contributed by atoms with van der Waals surface area (Å²) in [7, 11) is 0. The van der Waals surface area contributed by atoms with E-state index >= 15 is 0 Å². The predicted octanol–water partition coefficient (Wildman–Crippen LogP) is 3.21. The van der Waals surface area contributed by atoms with Crippen LogP contribution in [0.2, 0.25) is 0 Å². The number of benzene rings is 2. The number of rotatable bonds is 4. The van der Waals surface area contributed by atoms with Crippen molar-refractivity contribution in [1.82, 2.24) is 15.1 Å². The number of amides is 2. The molecule has 30 heavy (non-hydrogen) atoms. The molecule has 8 heteroatoms. The Morgan fingerprint density at radius 2 is 1.70 bits per heavy atom. The molecule has 1 aromatic heterocycles. The maximum Gasteiger partial charge on any atom is 0.277 e. The first kappa shape index (κ1) is 19.8. The summed E-state index contributed by atoms with van der Waals surface area (Å²) in [6.07, 6.45) is 0. The molecule has 1 unspecified atom stereocenters. The third kappa shape index (κ3) is 3.45. The Labute approximate surface area is 172 Å². The normalized spacial score (nSPS) is 18.3. The number of nitrogens with one attached hydrogen (secondary N) is 1. The molecular weight excluding hydrogens is 390 g/mol. The zero-order valence-electron chi connectivity index (χ0n) is 16.5. The number of anilines is 1. The molecular formula is C22H20F2N4O2. The molecule has 0 radical (unpaired) electrons. The molecule has 0 spiro atoms. The maximum atomic E-state index is 13.5. The first-order valence-corrected chi connectivity index (χ1v) is 9.45. The van der Waals surface area contributed by atoms with Gasteiger partial charge in [-0.05, 0) is 61.9 Å². The van der Waals surface area contributed by atoms with E-state index in [0.29, 0.717) is 17.1 Å². The zero-order chi connectivity index (χ0) is 21.5. The quantitative estimate of drug-likeness (QED) is 0.718. The predicted molar refractivity (Wildman–Crippen MR) is 107 cm³/mol. The van der Waals surface area contributed by atoms with Crippen molar-refractivity contribution in [3.05, 3.63) is 83.2 Å². The Bertz CT molecular complexity index is 1110. The Balaban J connectivity index is 1.69. The molecule has 3 aromatic rings. The van der Waals surface area contributed by atoms with E-state index in [1.54, 1.807) is 32.0 Å². The van der Waals surface area contributed by atoms with Gasteiger partial charge in [-0.25, -0.2) is 8.78 Å². The summed E-state index contributed by atoms with van der Waals surface area (Å²) in [5, 5.41) is 7.16. The molecule has 0 saturated carbocycles. The Hall–Kier alpha value is -3.55. The van der Waals surface area contributed by atoms with Crippen molar-refractivity contribution < 1.29 is 18.4 Å². The highest BCUT2D eigenvalue weighted by atomic mass is 19.1. The van der Waals surface area contributed by atoms with Gasteiger partial charge in [-0.3, -0.25) is 19.2 Å². The number of halogens is 2. The van der Waals surface area contributed by atoms with Gasteiger partial charge in [0.1, 0.15) is 22.9 Å². The summed E-state index contributed by atoms with van der Waals surface area (Å²) in [6, 6.07) is 12.9. The third-order valence-electron chi connectivity index (χ3n) is 5.22. The lowest BCUT2D eigenvalue weighted by atomic mass is 9.94. The molecule has 1 aliphatic rings. The fourth-order valence-corrected chi connectivity index (χ4v) is 3.68. The summed E-state index contributed by atoms with van der Waals surface area (Å²) < 4.78 is 28.1. The third-order valence-corrected chi connectivity index (χ3v) is 5.22. The van der Waals surface area contributed by atoms with Gasteiger partial charge in [0.15, 0.2) is 0 Å². The van der Waals surface area contributed by atoms with E-state index in [-0.39, 0.29) is 18.9 Å². The van der Waals surface area contributed by atoms with E-state index in [1.165, 1.54) is 46.0 Å². The number of hydrogen-bond acceptors (Lipinski definition) is 3. The van der Waals surface area contributed by atoms with Crippen LogP contribution in [0.3, 0.4) is 0 Å². The van der Waals surface area contributed by atoms with E-state index in [4.69, 9.17) is 0 Å². The van der Waals surface area contributed by atoms with Gasteiger partial charge < -0.3 is 5.32 Å². The SMILES string of the molecule is Cc1cc2n(n1)CC(C)(C(=O)NCc1ccc(F)cc1)N(c1ccc(F)cc1)C2=O. The average Bonchev–Trinajstić information content (AvgIpc) is 3.09. The van der Waals surface area contributed by atoms with Crippen molar-refractivity contribution >= 4 is 17.5 Å². The van der Waals surface area contributed by atoms with Crippen LogP contribution in [0, 0.1) is 18.6 Å². The van der Waals surface area contributed by atoms with E-state index in [0.717, 1.165) is 5.56 Å². The second-order valence-electron chi connectivity index (χ2n) is 7.53. The molecule has 4 rings (SSSR count). The second-order valence-corrected chi connectivity index (χ2v) is 7.53. The van der Waals surface area contributed by atoms with Crippen LogP contribution in [0.5, 0.6) is 0 Å². The molecule has 0 saturated heterocycles. The van der Waals surface area contributed by atoms with Gasteiger partial charge in [0, 0.05) is 12.2 Å². The van der Waals surface area contributed by atoms with Crippen LogP contribution in [-0.2, 0) is 17.9 Å². The number of carbonyl (C=O) groups excluding carboxylic acids is 2. The molecule has 0 bridgehead atoms. The van der Waals surface area contributed by atoms with Crippen molar-refractivity contribution in [2.75, 3.05) is 4.90 Å². The molecule has 0 aliphatic carbocycles. The molecule has 2 aromatic carbocycles. The molecule has 0 fully saturated rings. The fourth-order valence-electron chi connectivity index (χ4n) is 3.68. The van der Waals surface area contributed by atoms with Crippen molar-refractivity contribution in [1.29, 1.82) is 0 Å². The number of aryl methyl sites for hydroxylation is 1. The first-order chi connectivity index (χ1) is 14.3. The van der Waals surface area contributed by atoms with Gasteiger partial charge >= 0.3 is 0 Å². The van der Waals surface area contributed by atoms with Crippen LogP contribution in [0.4, 0.5) is 14.5 Å². The van der Waals surface area contributed by atoms with E-state index < -0.39 is 23.2 Å². The summed E-state index contributed by atoms with van der Waals surface area (Å²) in [4.78, 5) is 28.0. The van der Waals surface area contributed by atoms with Crippen LogP contribution in [-0.4, -0.2) is 27.1 Å². The van der Waals surface area contributed by atoms with Gasteiger partial charge in [0.25, 0.3) is 5.91 Å². The lowest BCUT2D eigenvalue weighted by Crippen LogP contribution is -2.64. The number of aromatic nitrogens is 2. The minimum Gasteiger partial charge on any atom is -0.350 e. The molecule has 1 atom stereocenters. The Morgan fingerprint density at radius 1 is 1.10 bits per heavy atom. The Kier molecular flexibility index (Phi) is 4.85. The van der Waals surface area contributed by atoms with Crippen LogP contribution in [0.15, 0.2) is 54.6 Å². The lowest BCUT2D eigenvalue weighted by Gasteiger charge is -2.43. The highest BCUT2D eigenvalue weighted by Gasteiger charge is 2.48. The molecule has 154 valence electrons. The molecule has 1 N–H and O–H groups in total. The van der Waals surface area contributed by atoms with E-state index in [2.05, 4.69) is 10.4 Å². The van der Waals surface area contributed by atoms with Gasteiger partial charge in [-0.1, -0.05) is 12.1 Å². The maximum absolute atomic E-state index is 13.5. The number of fused-ring (bicyclic) bond motifs is 1. The topological polar surface area (TPSA) is 67.2 Å².